The average Bonchev–Trinajstić information content (AvgIpc) is 2.15. The van der Waals surface area contributed by atoms with Crippen molar-refractivity contribution in [3.63, 3.8) is 0 Å². The van der Waals surface area contributed by atoms with Crippen LogP contribution in [0.15, 0.2) is 6.07 Å². The summed E-state index contributed by atoms with van der Waals surface area (Å²) in [5.41, 5.74) is 10.6. The van der Waals surface area contributed by atoms with Crippen LogP contribution in [-0.2, 0) is 18.4 Å². The first kappa shape index (κ1) is 11.5. The van der Waals surface area contributed by atoms with Gasteiger partial charge in [-0.15, -0.1) is 0 Å². The van der Waals surface area contributed by atoms with E-state index in [4.69, 9.17) is 5.73 Å². The number of hydrogen-bond donors (Lipinski definition) is 2. The van der Waals surface area contributed by atoms with Crippen LogP contribution in [0.4, 0.5) is 0 Å². The molecule has 0 aliphatic heterocycles. The molecule has 0 heterocycles. The molecule has 88 valence electrons. The van der Waals surface area contributed by atoms with E-state index in [1.165, 1.54) is 29.5 Å². The number of phenolic OH excluding ortho intramolecular Hbond substituents is 1. The highest BCUT2D eigenvalue weighted by Gasteiger charge is 2.26. The fourth-order valence-corrected chi connectivity index (χ4v) is 2.85. The fraction of sp³-hybridized carbons (Fsp3) is 0.571. The Labute approximate surface area is 97.5 Å². The molecule has 0 spiro atoms. The van der Waals surface area contributed by atoms with Gasteiger partial charge in [0.2, 0.25) is 0 Å². The SMILES string of the molecule is Cc1cc(O)c(C(C)(C)N)c2c1CCCC2. The number of phenols is 1. The standard InChI is InChI=1S/C14H21NO/c1-9-8-12(16)13(14(2,3)15)11-7-5-4-6-10(9)11/h8,16H,4-7,15H2,1-3H3. The Morgan fingerprint density at radius 1 is 1.19 bits per heavy atom. The van der Waals surface area contributed by atoms with E-state index in [0.29, 0.717) is 5.75 Å². The third-order valence-electron chi connectivity index (χ3n) is 3.50. The van der Waals surface area contributed by atoms with Crippen LogP contribution in [0, 0.1) is 6.92 Å². The third kappa shape index (κ3) is 1.82. The van der Waals surface area contributed by atoms with E-state index in [-0.39, 0.29) is 0 Å². The maximum atomic E-state index is 10.1. The van der Waals surface area contributed by atoms with Crippen molar-refractivity contribution in [2.75, 3.05) is 0 Å². The Balaban J connectivity index is 2.68. The second kappa shape index (κ2) is 3.77. The minimum absolute atomic E-state index is 0.366. The molecule has 2 heteroatoms. The van der Waals surface area contributed by atoms with Crippen molar-refractivity contribution in [3.05, 3.63) is 28.3 Å². The molecule has 1 aliphatic rings. The highest BCUT2D eigenvalue weighted by Crippen LogP contribution is 2.38. The van der Waals surface area contributed by atoms with Gasteiger partial charge < -0.3 is 10.8 Å². The summed E-state index contributed by atoms with van der Waals surface area (Å²) in [5.74, 6) is 0.366. The lowest BCUT2D eigenvalue weighted by Crippen LogP contribution is -2.31. The monoisotopic (exact) mass is 219 g/mol. The van der Waals surface area contributed by atoms with Gasteiger partial charge in [0.25, 0.3) is 0 Å². The smallest absolute Gasteiger partial charge is 0.121 e. The molecule has 0 unspecified atom stereocenters. The van der Waals surface area contributed by atoms with E-state index in [2.05, 4.69) is 6.92 Å². The maximum absolute atomic E-state index is 10.1. The molecule has 2 nitrogen and oxygen atoms in total. The Kier molecular flexibility index (Phi) is 2.70. The second-order valence-electron chi connectivity index (χ2n) is 5.47. The van der Waals surface area contributed by atoms with Gasteiger partial charge in [-0.25, -0.2) is 0 Å². The van der Waals surface area contributed by atoms with Gasteiger partial charge in [-0.1, -0.05) is 0 Å². The lowest BCUT2D eigenvalue weighted by atomic mass is 9.79. The zero-order chi connectivity index (χ0) is 11.9. The molecule has 0 fully saturated rings. The first-order valence-corrected chi connectivity index (χ1v) is 6.05. The lowest BCUT2D eigenvalue weighted by Gasteiger charge is -2.29. The van der Waals surface area contributed by atoms with E-state index in [1.807, 2.05) is 19.9 Å². The van der Waals surface area contributed by atoms with Crippen LogP contribution in [0.25, 0.3) is 0 Å². The molecule has 1 aliphatic carbocycles. The number of fused-ring (bicyclic) bond motifs is 1. The number of nitrogens with two attached hydrogens (primary N) is 1. The van der Waals surface area contributed by atoms with Crippen LogP contribution in [0.5, 0.6) is 5.75 Å². The minimum Gasteiger partial charge on any atom is -0.508 e. The summed E-state index contributed by atoms with van der Waals surface area (Å²) < 4.78 is 0. The van der Waals surface area contributed by atoms with E-state index >= 15 is 0 Å². The van der Waals surface area contributed by atoms with Gasteiger partial charge in [-0.3, -0.25) is 0 Å². The first-order valence-electron chi connectivity index (χ1n) is 6.05. The Morgan fingerprint density at radius 2 is 1.75 bits per heavy atom. The second-order valence-corrected chi connectivity index (χ2v) is 5.47. The fourth-order valence-electron chi connectivity index (χ4n) is 2.85. The highest BCUT2D eigenvalue weighted by atomic mass is 16.3. The molecule has 0 radical (unpaired) electrons. The van der Waals surface area contributed by atoms with Gasteiger partial charge in [0.05, 0.1) is 0 Å². The molecule has 16 heavy (non-hydrogen) atoms. The molecule has 0 atom stereocenters. The summed E-state index contributed by atoms with van der Waals surface area (Å²) in [5, 5.41) is 10.1. The molecule has 0 aromatic heterocycles. The Morgan fingerprint density at radius 3 is 2.31 bits per heavy atom. The predicted molar refractivity (Wildman–Crippen MR) is 66.7 cm³/mol. The summed E-state index contributed by atoms with van der Waals surface area (Å²) in [4.78, 5) is 0. The number of hydrogen-bond acceptors (Lipinski definition) is 2. The molecule has 2 rings (SSSR count). The van der Waals surface area contributed by atoms with Gasteiger partial charge in [0, 0.05) is 11.1 Å². The lowest BCUT2D eigenvalue weighted by molar-refractivity contribution is 0.434. The van der Waals surface area contributed by atoms with Crippen molar-refractivity contribution in [1.82, 2.24) is 0 Å². The van der Waals surface area contributed by atoms with E-state index < -0.39 is 5.54 Å². The number of aryl methyl sites for hydroxylation is 1. The molecule has 1 aromatic carbocycles. The molecule has 1 aromatic rings. The molecule has 3 N–H and O–H groups in total. The van der Waals surface area contributed by atoms with E-state index in [9.17, 15) is 5.11 Å². The Bertz CT molecular complexity index is 416. The van der Waals surface area contributed by atoms with Crippen LogP contribution in [0.2, 0.25) is 0 Å². The summed E-state index contributed by atoms with van der Waals surface area (Å²) in [6, 6.07) is 1.87. The van der Waals surface area contributed by atoms with Gasteiger partial charge in [-0.05, 0) is 69.2 Å². The van der Waals surface area contributed by atoms with Crippen LogP contribution >= 0.6 is 0 Å². The zero-order valence-electron chi connectivity index (χ0n) is 10.4. The maximum Gasteiger partial charge on any atom is 0.121 e. The number of aromatic hydroxyl groups is 1. The molecule has 0 saturated carbocycles. The minimum atomic E-state index is -0.459. The van der Waals surface area contributed by atoms with Crippen molar-refractivity contribution in [3.8, 4) is 5.75 Å². The van der Waals surface area contributed by atoms with Gasteiger partial charge in [-0.2, -0.15) is 0 Å². The van der Waals surface area contributed by atoms with Gasteiger partial charge in [0.15, 0.2) is 0 Å². The normalized spacial score (nSPS) is 16.0. The third-order valence-corrected chi connectivity index (χ3v) is 3.50. The van der Waals surface area contributed by atoms with Crippen LogP contribution in [-0.4, -0.2) is 5.11 Å². The van der Waals surface area contributed by atoms with Crippen molar-refractivity contribution >= 4 is 0 Å². The van der Waals surface area contributed by atoms with Crippen molar-refractivity contribution in [1.29, 1.82) is 0 Å². The molecular weight excluding hydrogens is 198 g/mol. The van der Waals surface area contributed by atoms with Crippen LogP contribution < -0.4 is 5.73 Å². The van der Waals surface area contributed by atoms with E-state index in [0.717, 1.165) is 18.4 Å². The van der Waals surface area contributed by atoms with Crippen molar-refractivity contribution < 1.29 is 5.11 Å². The van der Waals surface area contributed by atoms with Gasteiger partial charge >= 0.3 is 0 Å². The van der Waals surface area contributed by atoms with E-state index in [1.54, 1.807) is 0 Å². The zero-order valence-corrected chi connectivity index (χ0v) is 10.4. The van der Waals surface area contributed by atoms with Crippen molar-refractivity contribution in [2.24, 2.45) is 5.73 Å². The summed E-state index contributed by atoms with van der Waals surface area (Å²) in [6.07, 6.45) is 4.65. The molecular formula is C14H21NO. The molecule has 0 saturated heterocycles. The number of benzene rings is 1. The highest BCUT2D eigenvalue weighted by molar-refractivity contribution is 5.52. The largest absolute Gasteiger partial charge is 0.508 e. The summed E-state index contributed by atoms with van der Waals surface area (Å²) >= 11 is 0. The quantitative estimate of drug-likeness (QED) is 0.763. The topological polar surface area (TPSA) is 46.2 Å². The summed E-state index contributed by atoms with van der Waals surface area (Å²) in [6.45, 7) is 6.01. The predicted octanol–water partition coefficient (Wildman–Crippen LogP) is 2.77. The first-order chi connectivity index (χ1) is 7.41. The molecule has 0 amide bonds. The van der Waals surface area contributed by atoms with Crippen LogP contribution in [0.1, 0.15) is 48.9 Å². The Hall–Kier alpha value is -1.02. The number of rotatable bonds is 1. The van der Waals surface area contributed by atoms with Gasteiger partial charge in [0.1, 0.15) is 5.75 Å². The summed E-state index contributed by atoms with van der Waals surface area (Å²) in [7, 11) is 0. The molecule has 0 bridgehead atoms. The average molecular weight is 219 g/mol. The van der Waals surface area contributed by atoms with Crippen LogP contribution in [0.3, 0.4) is 0 Å². The van der Waals surface area contributed by atoms with Crippen molar-refractivity contribution in [2.45, 2.75) is 52.0 Å².